The van der Waals surface area contributed by atoms with Gasteiger partial charge in [-0.1, -0.05) is 12.1 Å². The van der Waals surface area contributed by atoms with Crippen LogP contribution in [-0.2, 0) is 14.6 Å². The number of nitrogens with two attached hydrogens (primary N) is 1. The van der Waals surface area contributed by atoms with E-state index < -0.39 is 32.5 Å². The monoisotopic (exact) mass is 285 g/mol. The number of rotatable bonds is 4. The number of hydrogen-bond donors (Lipinski definition) is 2. The highest BCUT2D eigenvalue weighted by Crippen LogP contribution is 2.54. The zero-order chi connectivity index (χ0) is 14.4. The molecule has 0 aliphatic heterocycles. The average molecular weight is 285 g/mol. The Morgan fingerprint density at radius 1 is 1.37 bits per heavy atom. The number of carboxylic acid groups (broad SMARTS) is 1. The van der Waals surface area contributed by atoms with Gasteiger partial charge in [0, 0.05) is 12.2 Å². The SMILES string of the molecule is COc1ccc([C@@H]2[C@H](S(C)(=O)=O)[C@]2(N)C(=O)O)cc1. The molecular weight excluding hydrogens is 270 g/mol. The first-order valence-electron chi connectivity index (χ1n) is 5.58. The Balaban J connectivity index is 2.41. The van der Waals surface area contributed by atoms with Crippen LogP contribution in [0.15, 0.2) is 24.3 Å². The molecule has 3 atom stereocenters. The standard InChI is InChI=1S/C12H15NO5S/c1-18-8-5-3-7(4-6-8)9-10(19(2,16)17)12(9,13)11(14)15/h3-6,9-10H,13H2,1-2H3,(H,14,15)/t9-,10+,12+/m1/s1. The normalized spacial score (nSPS) is 29.8. The first-order chi connectivity index (χ1) is 8.72. The third kappa shape index (κ3) is 2.08. The molecule has 7 heteroatoms. The van der Waals surface area contributed by atoms with Crippen molar-refractivity contribution in [3.05, 3.63) is 29.8 Å². The van der Waals surface area contributed by atoms with Crippen molar-refractivity contribution in [3.63, 3.8) is 0 Å². The van der Waals surface area contributed by atoms with Gasteiger partial charge in [-0.05, 0) is 17.7 Å². The fourth-order valence-electron chi connectivity index (χ4n) is 2.49. The van der Waals surface area contributed by atoms with E-state index in [1.807, 2.05) is 0 Å². The highest BCUT2D eigenvalue weighted by Gasteiger charge is 2.73. The van der Waals surface area contributed by atoms with Gasteiger partial charge >= 0.3 is 5.97 Å². The van der Waals surface area contributed by atoms with Crippen molar-refractivity contribution >= 4 is 15.8 Å². The summed E-state index contributed by atoms with van der Waals surface area (Å²) in [6, 6.07) is 6.57. The molecule has 3 N–H and O–H groups in total. The Labute approximate surface area is 111 Å². The maximum absolute atomic E-state index is 11.7. The molecule has 0 saturated heterocycles. The van der Waals surface area contributed by atoms with Gasteiger partial charge in [-0.2, -0.15) is 0 Å². The molecule has 1 aliphatic carbocycles. The molecular formula is C12H15NO5S. The predicted molar refractivity (Wildman–Crippen MR) is 68.9 cm³/mol. The van der Waals surface area contributed by atoms with Crippen LogP contribution in [0.2, 0.25) is 0 Å². The minimum absolute atomic E-state index is 0.584. The zero-order valence-corrected chi connectivity index (χ0v) is 11.3. The molecule has 1 aromatic carbocycles. The molecule has 0 unspecified atom stereocenters. The van der Waals surface area contributed by atoms with Gasteiger partial charge in [0.2, 0.25) is 0 Å². The summed E-state index contributed by atoms with van der Waals surface area (Å²) in [5, 5.41) is 8.07. The number of sulfone groups is 1. The number of ether oxygens (including phenoxy) is 1. The fraction of sp³-hybridized carbons (Fsp3) is 0.417. The third-order valence-corrected chi connectivity index (χ3v) is 5.07. The van der Waals surface area contributed by atoms with Crippen LogP contribution in [0, 0.1) is 0 Å². The van der Waals surface area contributed by atoms with E-state index in [9.17, 15) is 13.2 Å². The maximum atomic E-state index is 11.7. The van der Waals surface area contributed by atoms with Crippen LogP contribution < -0.4 is 10.5 Å². The van der Waals surface area contributed by atoms with Gasteiger partial charge < -0.3 is 15.6 Å². The van der Waals surface area contributed by atoms with E-state index in [2.05, 4.69) is 0 Å². The van der Waals surface area contributed by atoms with E-state index in [-0.39, 0.29) is 0 Å². The van der Waals surface area contributed by atoms with Gasteiger partial charge in [0.25, 0.3) is 0 Å². The largest absolute Gasteiger partial charge is 0.497 e. The number of carboxylic acids is 1. The van der Waals surface area contributed by atoms with Crippen LogP contribution in [0.3, 0.4) is 0 Å². The molecule has 1 aromatic rings. The van der Waals surface area contributed by atoms with E-state index in [1.54, 1.807) is 24.3 Å². The number of benzene rings is 1. The summed E-state index contributed by atoms with van der Waals surface area (Å²) >= 11 is 0. The summed E-state index contributed by atoms with van der Waals surface area (Å²) in [5.41, 5.74) is 4.59. The van der Waals surface area contributed by atoms with E-state index in [4.69, 9.17) is 15.6 Å². The lowest BCUT2D eigenvalue weighted by Gasteiger charge is -2.05. The molecule has 0 aromatic heterocycles. The molecule has 0 radical (unpaired) electrons. The molecule has 1 aliphatic rings. The second-order valence-electron chi connectivity index (χ2n) is 4.74. The van der Waals surface area contributed by atoms with Crippen LogP contribution in [-0.4, -0.2) is 43.6 Å². The molecule has 1 saturated carbocycles. The molecule has 1 fully saturated rings. The Morgan fingerprint density at radius 3 is 2.21 bits per heavy atom. The smallest absolute Gasteiger partial charge is 0.325 e. The first kappa shape index (κ1) is 13.8. The van der Waals surface area contributed by atoms with E-state index in [1.165, 1.54) is 7.11 Å². The van der Waals surface area contributed by atoms with Crippen LogP contribution in [0.4, 0.5) is 0 Å². The van der Waals surface area contributed by atoms with Crippen molar-refractivity contribution in [3.8, 4) is 5.75 Å². The Bertz CT molecular complexity index is 610. The van der Waals surface area contributed by atoms with Gasteiger partial charge in [0.15, 0.2) is 9.84 Å². The van der Waals surface area contributed by atoms with Crippen LogP contribution in [0.5, 0.6) is 5.75 Å². The molecule has 2 rings (SSSR count). The lowest BCUT2D eigenvalue weighted by molar-refractivity contribution is -0.139. The summed E-state index contributed by atoms with van der Waals surface area (Å²) in [6.07, 6.45) is 1.01. The minimum atomic E-state index is -3.53. The predicted octanol–water partition coefficient (Wildman–Crippen LogP) is -0.0123. The molecule has 0 spiro atoms. The third-order valence-electron chi connectivity index (χ3n) is 3.49. The van der Waals surface area contributed by atoms with Gasteiger partial charge in [-0.15, -0.1) is 0 Å². The lowest BCUT2D eigenvalue weighted by Crippen LogP contribution is -2.39. The summed E-state index contributed by atoms with van der Waals surface area (Å²) in [4.78, 5) is 11.2. The summed E-state index contributed by atoms with van der Waals surface area (Å²) in [6.45, 7) is 0. The maximum Gasteiger partial charge on any atom is 0.325 e. The second kappa shape index (κ2) is 4.21. The van der Waals surface area contributed by atoms with Gasteiger partial charge in [0.05, 0.1) is 12.4 Å². The van der Waals surface area contributed by atoms with Crippen LogP contribution >= 0.6 is 0 Å². The van der Waals surface area contributed by atoms with E-state index in [0.717, 1.165) is 6.26 Å². The molecule has 0 bridgehead atoms. The highest BCUT2D eigenvalue weighted by atomic mass is 32.2. The topological polar surface area (TPSA) is 107 Å². The lowest BCUT2D eigenvalue weighted by atomic mass is 10.1. The van der Waals surface area contributed by atoms with Crippen molar-refractivity contribution in [2.45, 2.75) is 16.7 Å². The van der Waals surface area contributed by atoms with Crippen LogP contribution in [0.1, 0.15) is 11.5 Å². The molecule has 104 valence electrons. The van der Waals surface area contributed by atoms with Gasteiger partial charge in [-0.3, -0.25) is 4.79 Å². The van der Waals surface area contributed by atoms with E-state index >= 15 is 0 Å². The summed E-state index contributed by atoms with van der Waals surface area (Å²) in [5.74, 6) is -1.42. The van der Waals surface area contributed by atoms with Gasteiger partial charge in [-0.25, -0.2) is 8.42 Å². The van der Waals surface area contributed by atoms with Crippen molar-refractivity contribution in [2.24, 2.45) is 5.73 Å². The van der Waals surface area contributed by atoms with Crippen molar-refractivity contribution < 1.29 is 23.1 Å². The summed E-state index contributed by atoms with van der Waals surface area (Å²) < 4.78 is 28.3. The van der Waals surface area contributed by atoms with Gasteiger partial charge in [0.1, 0.15) is 11.3 Å². The highest BCUT2D eigenvalue weighted by molar-refractivity contribution is 7.91. The van der Waals surface area contributed by atoms with Crippen molar-refractivity contribution in [1.82, 2.24) is 0 Å². The number of methoxy groups -OCH3 is 1. The molecule has 19 heavy (non-hydrogen) atoms. The van der Waals surface area contributed by atoms with E-state index in [0.29, 0.717) is 11.3 Å². The fourth-order valence-corrected chi connectivity index (χ4v) is 4.25. The second-order valence-corrected chi connectivity index (χ2v) is 6.91. The van der Waals surface area contributed by atoms with Crippen molar-refractivity contribution in [2.75, 3.05) is 13.4 Å². The zero-order valence-electron chi connectivity index (χ0n) is 10.5. The number of carbonyl (C=O) groups is 1. The average Bonchev–Trinajstić information content (AvgIpc) is 2.98. The molecule has 0 heterocycles. The Morgan fingerprint density at radius 2 is 1.89 bits per heavy atom. The minimum Gasteiger partial charge on any atom is -0.497 e. The molecule has 0 amide bonds. The Hall–Kier alpha value is -1.60. The first-order valence-corrected chi connectivity index (χ1v) is 7.53. The molecule has 6 nitrogen and oxygen atoms in total. The number of hydrogen-bond acceptors (Lipinski definition) is 5. The van der Waals surface area contributed by atoms with Crippen molar-refractivity contribution in [1.29, 1.82) is 0 Å². The number of aliphatic carboxylic acids is 1. The van der Waals surface area contributed by atoms with Crippen LogP contribution in [0.25, 0.3) is 0 Å². The Kier molecular flexibility index (Phi) is 3.06. The summed E-state index contributed by atoms with van der Waals surface area (Å²) in [7, 11) is -2.02. The quantitative estimate of drug-likeness (QED) is 0.805.